The van der Waals surface area contributed by atoms with Crippen molar-refractivity contribution in [1.29, 1.82) is 0 Å². The number of aromatic nitrogens is 2. The number of esters is 1. The van der Waals surface area contributed by atoms with Gasteiger partial charge in [-0.1, -0.05) is 27.7 Å². The molecule has 32 heavy (non-hydrogen) atoms. The zero-order chi connectivity index (χ0) is 22.7. The zero-order valence-corrected chi connectivity index (χ0v) is 20.7. The molecule has 3 aromatic rings. The molecule has 1 N–H and O–H groups in total. The summed E-state index contributed by atoms with van der Waals surface area (Å²) in [5.41, 5.74) is 1.72. The average Bonchev–Trinajstić information content (AvgIpc) is 3.16. The van der Waals surface area contributed by atoms with Crippen molar-refractivity contribution in [1.82, 2.24) is 14.9 Å². The molecule has 2 heterocycles. The lowest BCUT2D eigenvalue weighted by atomic mass is 9.97. The highest BCUT2D eigenvalue weighted by Gasteiger charge is 2.23. The summed E-state index contributed by atoms with van der Waals surface area (Å²) in [7, 11) is 0. The van der Waals surface area contributed by atoms with Crippen LogP contribution in [0.5, 0.6) is 0 Å². The number of hydrogen-bond acceptors (Lipinski definition) is 7. The standard InChI is InChI=1S/C22H22BrN3O4S2/c1-2-30-18(28)11-24-17(27)12-31-22-25-20-19(15-5-3-4-6-16(15)32-20)21(29)26(22)14-9-7-13(23)8-10-14/h7-10H,2-6,11-12H2,1H3,(H,24,27). The molecule has 2 aromatic heterocycles. The molecule has 1 aliphatic rings. The lowest BCUT2D eigenvalue weighted by Gasteiger charge is -2.13. The third-order valence-electron chi connectivity index (χ3n) is 5.11. The Labute approximate surface area is 201 Å². The van der Waals surface area contributed by atoms with E-state index in [-0.39, 0.29) is 30.4 Å². The highest BCUT2D eigenvalue weighted by molar-refractivity contribution is 9.10. The van der Waals surface area contributed by atoms with Gasteiger partial charge in [-0.3, -0.25) is 19.0 Å². The van der Waals surface area contributed by atoms with Gasteiger partial charge in [0.2, 0.25) is 5.91 Å². The molecule has 10 heteroatoms. The Morgan fingerprint density at radius 1 is 1.25 bits per heavy atom. The molecular formula is C22H22BrN3O4S2. The predicted octanol–water partition coefficient (Wildman–Crippen LogP) is 3.86. The van der Waals surface area contributed by atoms with Crippen LogP contribution in [-0.4, -0.2) is 40.3 Å². The van der Waals surface area contributed by atoms with Crippen LogP contribution in [0.1, 0.15) is 30.2 Å². The number of thioether (sulfide) groups is 1. The monoisotopic (exact) mass is 535 g/mol. The van der Waals surface area contributed by atoms with E-state index in [1.807, 2.05) is 24.3 Å². The maximum Gasteiger partial charge on any atom is 0.325 e. The van der Waals surface area contributed by atoms with Crippen LogP contribution in [0.25, 0.3) is 15.9 Å². The van der Waals surface area contributed by atoms with Gasteiger partial charge in [-0.05, 0) is 62.4 Å². The average molecular weight is 536 g/mol. The number of amides is 1. The van der Waals surface area contributed by atoms with E-state index < -0.39 is 5.97 Å². The van der Waals surface area contributed by atoms with Crippen molar-refractivity contribution in [3.05, 3.63) is 49.5 Å². The third kappa shape index (κ3) is 4.92. The normalized spacial score (nSPS) is 13.1. The Hall–Kier alpha value is -2.17. The maximum absolute atomic E-state index is 13.6. The Kier molecular flexibility index (Phi) is 7.32. The first-order valence-corrected chi connectivity index (χ1v) is 13.0. The molecule has 4 rings (SSSR count). The van der Waals surface area contributed by atoms with Crippen LogP contribution in [0.4, 0.5) is 0 Å². The lowest BCUT2D eigenvalue weighted by molar-refractivity contribution is -0.143. The fourth-order valence-corrected chi connectivity index (χ4v) is 6.07. The van der Waals surface area contributed by atoms with Gasteiger partial charge in [-0.2, -0.15) is 0 Å². The minimum atomic E-state index is -0.485. The van der Waals surface area contributed by atoms with E-state index in [1.54, 1.807) is 22.8 Å². The summed E-state index contributed by atoms with van der Waals surface area (Å²) < 4.78 is 7.31. The van der Waals surface area contributed by atoms with Gasteiger partial charge in [0.25, 0.3) is 5.56 Å². The van der Waals surface area contributed by atoms with Crippen LogP contribution in [0.15, 0.2) is 38.7 Å². The number of hydrogen-bond donors (Lipinski definition) is 1. The molecule has 0 fully saturated rings. The van der Waals surface area contributed by atoms with Crippen LogP contribution in [0.3, 0.4) is 0 Å². The van der Waals surface area contributed by atoms with E-state index in [9.17, 15) is 14.4 Å². The number of thiophene rings is 1. The van der Waals surface area contributed by atoms with Crippen LogP contribution in [-0.2, 0) is 27.2 Å². The number of rotatable bonds is 7. The minimum absolute atomic E-state index is 0.0268. The number of aryl methyl sites for hydroxylation is 2. The van der Waals surface area contributed by atoms with Gasteiger partial charge in [0.1, 0.15) is 11.4 Å². The summed E-state index contributed by atoms with van der Waals surface area (Å²) >= 11 is 6.19. The second kappa shape index (κ2) is 10.2. The van der Waals surface area contributed by atoms with Crippen LogP contribution < -0.4 is 10.9 Å². The number of carbonyl (C=O) groups excluding carboxylic acids is 2. The van der Waals surface area contributed by atoms with Crippen LogP contribution >= 0.6 is 39.0 Å². The molecule has 0 unspecified atom stereocenters. The summed E-state index contributed by atoms with van der Waals surface area (Å²) in [6.07, 6.45) is 4.08. The molecule has 0 saturated heterocycles. The molecule has 0 atom stereocenters. The van der Waals surface area contributed by atoms with Crippen molar-refractivity contribution < 1.29 is 14.3 Å². The predicted molar refractivity (Wildman–Crippen MR) is 130 cm³/mol. The van der Waals surface area contributed by atoms with Crippen molar-refractivity contribution in [2.75, 3.05) is 18.9 Å². The second-order valence-electron chi connectivity index (χ2n) is 7.27. The Bertz CT molecular complexity index is 1220. The molecule has 0 bridgehead atoms. The molecule has 1 aromatic carbocycles. The van der Waals surface area contributed by atoms with Crippen molar-refractivity contribution in [2.45, 2.75) is 37.8 Å². The third-order valence-corrected chi connectivity index (χ3v) is 7.76. The van der Waals surface area contributed by atoms with Crippen molar-refractivity contribution in [2.24, 2.45) is 0 Å². The van der Waals surface area contributed by atoms with E-state index in [2.05, 4.69) is 21.2 Å². The summed E-state index contributed by atoms with van der Waals surface area (Å²) in [6, 6.07) is 7.44. The molecule has 1 amide bonds. The van der Waals surface area contributed by atoms with Gasteiger partial charge < -0.3 is 10.1 Å². The van der Waals surface area contributed by atoms with Gasteiger partial charge in [0, 0.05) is 9.35 Å². The van der Waals surface area contributed by atoms with Gasteiger partial charge in [0.15, 0.2) is 5.16 Å². The largest absolute Gasteiger partial charge is 0.465 e. The first-order chi connectivity index (χ1) is 15.5. The Morgan fingerprint density at radius 3 is 2.75 bits per heavy atom. The van der Waals surface area contributed by atoms with Gasteiger partial charge in [0.05, 0.1) is 23.4 Å². The minimum Gasteiger partial charge on any atom is -0.465 e. The molecule has 0 radical (unpaired) electrons. The summed E-state index contributed by atoms with van der Waals surface area (Å²) in [5, 5.41) is 3.69. The highest BCUT2D eigenvalue weighted by atomic mass is 79.9. The first-order valence-electron chi connectivity index (χ1n) is 10.4. The van der Waals surface area contributed by atoms with E-state index >= 15 is 0 Å². The van der Waals surface area contributed by atoms with E-state index in [4.69, 9.17) is 9.72 Å². The van der Waals surface area contributed by atoms with Crippen molar-refractivity contribution in [3.8, 4) is 5.69 Å². The van der Waals surface area contributed by atoms with Crippen molar-refractivity contribution >= 4 is 61.1 Å². The van der Waals surface area contributed by atoms with Gasteiger partial charge in [-0.25, -0.2) is 4.98 Å². The summed E-state index contributed by atoms with van der Waals surface area (Å²) in [5.74, 6) is -0.787. The molecule has 7 nitrogen and oxygen atoms in total. The summed E-state index contributed by atoms with van der Waals surface area (Å²) in [4.78, 5) is 44.1. The van der Waals surface area contributed by atoms with Crippen LogP contribution in [0.2, 0.25) is 0 Å². The number of halogens is 1. The first kappa shape index (κ1) is 23.0. The van der Waals surface area contributed by atoms with E-state index in [0.29, 0.717) is 16.2 Å². The molecule has 0 saturated carbocycles. The smallest absolute Gasteiger partial charge is 0.325 e. The van der Waals surface area contributed by atoms with E-state index in [0.717, 1.165) is 40.5 Å². The fourth-order valence-electron chi connectivity index (χ4n) is 3.66. The van der Waals surface area contributed by atoms with Crippen molar-refractivity contribution in [3.63, 3.8) is 0 Å². The Balaban J connectivity index is 1.68. The SMILES string of the molecule is CCOC(=O)CNC(=O)CSc1nc2sc3c(c2c(=O)n1-c1ccc(Br)cc1)CCCC3. The molecule has 1 aliphatic carbocycles. The summed E-state index contributed by atoms with van der Waals surface area (Å²) in [6.45, 7) is 1.79. The van der Waals surface area contributed by atoms with Gasteiger partial charge >= 0.3 is 5.97 Å². The lowest BCUT2D eigenvalue weighted by Crippen LogP contribution is -2.32. The highest BCUT2D eigenvalue weighted by Crippen LogP contribution is 2.35. The fraction of sp³-hybridized carbons (Fsp3) is 0.364. The molecule has 0 spiro atoms. The topological polar surface area (TPSA) is 90.3 Å². The number of nitrogens with one attached hydrogen (secondary N) is 1. The number of carbonyl (C=O) groups is 2. The van der Waals surface area contributed by atoms with E-state index in [1.165, 1.54) is 16.6 Å². The number of ether oxygens (including phenoxy) is 1. The van der Waals surface area contributed by atoms with Gasteiger partial charge in [-0.15, -0.1) is 11.3 Å². The molecule has 0 aliphatic heterocycles. The number of nitrogens with zero attached hydrogens (tertiary/aromatic N) is 2. The quantitative estimate of drug-likeness (QED) is 0.280. The number of benzene rings is 1. The maximum atomic E-state index is 13.6. The molecular weight excluding hydrogens is 514 g/mol. The number of fused-ring (bicyclic) bond motifs is 3. The zero-order valence-electron chi connectivity index (χ0n) is 17.5. The van der Waals surface area contributed by atoms with Crippen LogP contribution in [0, 0.1) is 0 Å². The second-order valence-corrected chi connectivity index (χ2v) is 10.2. The molecule has 168 valence electrons. The Morgan fingerprint density at radius 2 is 2.00 bits per heavy atom.